The Balaban J connectivity index is 1.91. The summed E-state index contributed by atoms with van der Waals surface area (Å²) in [6, 6.07) is 18.5. The normalized spacial score (nSPS) is 10.6. The SMILES string of the molecule is Brc1cccc2c(NCc3ccccc3)nccc12. The van der Waals surface area contributed by atoms with Gasteiger partial charge in [0.05, 0.1) is 0 Å². The van der Waals surface area contributed by atoms with Crippen molar-refractivity contribution in [2.45, 2.75) is 6.54 Å². The maximum atomic E-state index is 4.43. The van der Waals surface area contributed by atoms with E-state index in [-0.39, 0.29) is 0 Å². The van der Waals surface area contributed by atoms with Crippen LogP contribution in [-0.2, 0) is 6.54 Å². The number of pyridine rings is 1. The zero-order valence-electron chi connectivity index (χ0n) is 10.3. The van der Waals surface area contributed by atoms with Crippen molar-refractivity contribution in [1.82, 2.24) is 4.98 Å². The van der Waals surface area contributed by atoms with E-state index >= 15 is 0 Å². The molecule has 0 aliphatic heterocycles. The van der Waals surface area contributed by atoms with Gasteiger partial charge >= 0.3 is 0 Å². The quantitative estimate of drug-likeness (QED) is 0.764. The van der Waals surface area contributed by atoms with Crippen molar-refractivity contribution in [1.29, 1.82) is 0 Å². The molecule has 1 heterocycles. The maximum Gasteiger partial charge on any atom is 0.134 e. The molecule has 0 fully saturated rings. The minimum Gasteiger partial charge on any atom is -0.365 e. The minimum absolute atomic E-state index is 0.777. The van der Waals surface area contributed by atoms with Gasteiger partial charge in [-0.05, 0) is 17.7 Å². The lowest BCUT2D eigenvalue weighted by atomic mass is 10.1. The van der Waals surface area contributed by atoms with Crippen molar-refractivity contribution in [3.05, 3.63) is 70.8 Å². The van der Waals surface area contributed by atoms with Crippen LogP contribution in [0.15, 0.2) is 65.3 Å². The molecule has 0 unspecified atom stereocenters. The first-order valence-corrected chi connectivity index (χ1v) is 6.95. The number of hydrogen-bond donors (Lipinski definition) is 1. The van der Waals surface area contributed by atoms with Gasteiger partial charge in [0.15, 0.2) is 0 Å². The number of nitrogens with one attached hydrogen (secondary N) is 1. The van der Waals surface area contributed by atoms with Crippen LogP contribution in [0.25, 0.3) is 10.8 Å². The number of aromatic nitrogens is 1. The Labute approximate surface area is 120 Å². The number of hydrogen-bond acceptors (Lipinski definition) is 2. The maximum absolute atomic E-state index is 4.43. The number of fused-ring (bicyclic) bond motifs is 1. The molecule has 19 heavy (non-hydrogen) atoms. The van der Waals surface area contributed by atoms with Crippen LogP contribution in [0.3, 0.4) is 0 Å². The molecule has 0 saturated carbocycles. The van der Waals surface area contributed by atoms with Crippen molar-refractivity contribution < 1.29 is 0 Å². The van der Waals surface area contributed by atoms with Gasteiger partial charge in [0.25, 0.3) is 0 Å². The van der Waals surface area contributed by atoms with E-state index in [1.165, 1.54) is 10.9 Å². The molecule has 0 radical (unpaired) electrons. The van der Waals surface area contributed by atoms with Gasteiger partial charge in [-0.25, -0.2) is 4.98 Å². The summed E-state index contributed by atoms with van der Waals surface area (Å²) in [4.78, 5) is 4.43. The second-order valence-corrected chi connectivity index (χ2v) is 5.19. The highest BCUT2D eigenvalue weighted by Gasteiger charge is 2.04. The minimum atomic E-state index is 0.777. The van der Waals surface area contributed by atoms with Gasteiger partial charge in [-0.1, -0.05) is 58.4 Å². The number of halogens is 1. The highest BCUT2D eigenvalue weighted by molar-refractivity contribution is 9.10. The first-order valence-electron chi connectivity index (χ1n) is 6.15. The second-order valence-electron chi connectivity index (χ2n) is 4.33. The largest absolute Gasteiger partial charge is 0.365 e. The van der Waals surface area contributed by atoms with E-state index in [1.807, 2.05) is 42.6 Å². The fourth-order valence-electron chi connectivity index (χ4n) is 2.09. The third-order valence-electron chi connectivity index (χ3n) is 3.06. The Morgan fingerprint density at radius 1 is 0.895 bits per heavy atom. The van der Waals surface area contributed by atoms with Crippen molar-refractivity contribution in [2.24, 2.45) is 0 Å². The van der Waals surface area contributed by atoms with E-state index in [0.29, 0.717) is 0 Å². The Hall–Kier alpha value is -1.87. The highest BCUT2D eigenvalue weighted by Crippen LogP contribution is 2.27. The van der Waals surface area contributed by atoms with Gasteiger partial charge in [-0.3, -0.25) is 0 Å². The van der Waals surface area contributed by atoms with Crippen molar-refractivity contribution in [2.75, 3.05) is 5.32 Å². The summed E-state index contributed by atoms with van der Waals surface area (Å²) in [5.41, 5.74) is 1.25. The molecule has 1 N–H and O–H groups in total. The fraction of sp³-hybridized carbons (Fsp3) is 0.0625. The number of anilines is 1. The zero-order valence-corrected chi connectivity index (χ0v) is 11.9. The molecule has 3 rings (SSSR count). The van der Waals surface area contributed by atoms with Crippen LogP contribution in [-0.4, -0.2) is 4.98 Å². The molecule has 3 aromatic rings. The summed E-state index contributed by atoms with van der Waals surface area (Å²) in [6.07, 6.45) is 1.83. The van der Waals surface area contributed by atoms with Crippen molar-refractivity contribution in [3.63, 3.8) is 0 Å². The second kappa shape index (κ2) is 5.41. The number of rotatable bonds is 3. The highest BCUT2D eigenvalue weighted by atomic mass is 79.9. The summed E-state index contributed by atoms with van der Waals surface area (Å²) in [7, 11) is 0. The molecule has 0 spiro atoms. The summed E-state index contributed by atoms with van der Waals surface area (Å²) < 4.78 is 1.09. The third kappa shape index (κ3) is 2.61. The summed E-state index contributed by atoms with van der Waals surface area (Å²) in [5, 5.41) is 5.71. The van der Waals surface area contributed by atoms with Crippen molar-refractivity contribution in [3.8, 4) is 0 Å². The van der Waals surface area contributed by atoms with E-state index in [4.69, 9.17) is 0 Å². The van der Waals surface area contributed by atoms with E-state index in [2.05, 4.69) is 44.4 Å². The van der Waals surface area contributed by atoms with Gasteiger partial charge in [-0.2, -0.15) is 0 Å². The van der Waals surface area contributed by atoms with Gasteiger partial charge in [0.2, 0.25) is 0 Å². The lowest BCUT2D eigenvalue weighted by Crippen LogP contribution is -2.01. The summed E-state index contributed by atoms with van der Waals surface area (Å²) in [6.45, 7) is 0.777. The Morgan fingerprint density at radius 3 is 2.58 bits per heavy atom. The van der Waals surface area contributed by atoms with Crippen LogP contribution in [0.5, 0.6) is 0 Å². The summed E-state index contributed by atoms with van der Waals surface area (Å²) >= 11 is 3.57. The molecule has 0 bridgehead atoms. The number of nitrogens with zero attached hydrogens (tertiary/aromatic N) is 1. The molecule has 0 aliphatic rings. The van der Waals surface area contributed by atoms with E-state index in [0.717, 1.165) is 22.2 Å². The van der Waals surface area contributed by atoms with E-state index in [1.54, 1.807) is 0 Å². The van der Waals surface area contributed by atoms with E-state index < -0.39 is 0 Å². The lowest BCUT2D eigenvalue weighted by Gasteiger charge is -2.09. The standard InChI is InChI=1S/C16H13BrN2/c17-15-8-4-7-14-13(15)9-10-18-16(14)19-11-12-5-2-1-3-6-12/h1-10H,11H2,(H,18,19). The average molecular weight is 313 g/mol. The molecular formula is C16H13BrN2. The topological polar surface area (TPSA) is 24.9 Å². The Morgan fingerprint density at radius 2 is 1.74 bits per heavy atom. The number of benzene rings is 2. The molecule has 0 atom stereocenters. The monoisotopic (exact) mass is 312 g/mol. The van der Waals surface area contributed by atoms with Gasteiger partial charge in [0.1, 0.15) is 5.82 Å². The van der Waals surface area contributed by atoms with Crippen LogP contribution in [0.2, 0.25) is 0 Å². The first kappa shape index (κ1) is 12.2. The zero-order chi connectivity index (χ0) is 13.1. The van der Waals surface area contributed by atoms with Crippen LogP contribution < -0.4 is 5.32 Å². The predicted molar refractivity (Wildman–Crippen MR) is 83.2 cm³/mol. The molecule has 0 saturated heterocycles. The summed E-state index contributed by atoms with van der Waals surface area (Å²) in [5.74, 6) is 0.919. The van der Waals surface area contributed by atoms with Crippen molar-refractivity contribution >= 4 is 32.5 Å². The van der Waals surface area contributed by atoms with Crippen LogP contribution in [0.1, 0.15) is 5.56 Å². The molecule has 0 amide bonds. The van der Waals surface area contributed by atoms with Crippen LogP contribution in [0, 0.1) is 0 Å². The smallest absolute Gasteiger partial charge is 0.134 e. The first-order chi connectivity index (χ1) is 9.34. The van der Waals surface area contributed by atoms with E-state index in [9.17, 15) is 0 Å². The molecule has 94 valence electrons. The van der Waals surface area contributed by atoms with Crippen LogP contribution in [0.4, 0.5) is 5.82 Å². The van der Waals surface area contributed by atoms with Gasteiger partial charge in [0, 0.05) is 28.0 Å². The predicted octanol–water partition coefficient (Wildman–Crippen LogP) is 4.61. The van der Waals surface area contributed by atoms with Gasteiger partial charge < -0.3 is 5.32 Å². The molecule has 2 nitrogen and oxygen atoms in total. The average Bonchev–Trinajstić information content (AvgIpc) is 2.47. The molecule has 2 aromatic carbocycles. The van der Waals surface area contributed by atoms with Gasteiger partial charge in [-0.15, -0.1) is 0 Å². The lowest BCUT2D eigenvalue weighted by molar-refractivity contribution is 1.12. The molecule has 1 aromatic heterocycles. The molecule has 3 heteroatoms. The van der Waals surface area contributed by atoms with Crippen LogP contribution >= 0.6 is 15.9 Å². The molecular weight excluding hydrogens is 300 g/mol. The Bertz CT molecular complexity index is 695. The third-order valence-corrected chi connectivity index (χ3v) is 3.75. The Kier molecular flexibility index (Phi) is 3.47. The molecule has 0 aliphatic carbocycles. The fourth-order valence-corrected chi connectivity index (χ4v) is 2.59.